The third kappa shape index (κ3) is 14.1. The van der Waals surface area contributed by atoms with E-state index in [1.165, 1.54) is 24.3 Å². The van der Waals surface area contributed by atoms with Crippen LogP contribution in [0.1, 0.15) is 49.9 Å². The lowest BCUT2D eigenvalue weighted by Gasteiger charge is -2.35. The monoisotopic (exact) mass is 798 g/mol. The van der Waals surface area contributed by atoms with Gasteiger partial charge in [0.15, 0.2) is 0 Å². The van der Waals surface area contributed by atoms with E-state index in [-0.39, 0.29) is 37.6 Å². The molecule has 58 heavy (non-hydrogen) atoms. The molecule has 4 aromatic rings. The second-order valence-corrected chi connectivity index (χ2v) is 14.8. The summed E-state index contributed by atoms with van der Waals surface area (Å²) in [7, 11) is 0. The maximum atomic E-state index is 13.9. The van der Waals surface area contributed by atoms with Gasteiger partial charge in [-0.05, 0) is 71.2 Å². The molecule has 0 aromatic heterocycles. The van der Waals surface area contributed by atoms with Crippen molar-refractivity contribution in [1.29, 1.82) is 0 Å². The molecule has 310 valence electrons. The maximum Gasteiger partial charge on any atom is 0.408 e. The van der Waals surface area contributed by atoms with Crippen molar-refractivity contribution in [2.75, 3.05) is 0 Å². The summed E-state index contributed by atoms with van der Waals surface area (Å²) in [6.45, 7) is 6.85. The molecule has 14 nitrogen and oxygen atoms in total. The Kier molecular flexibility index (Phi) is 16.9. The van der Waals surface area contributed by atoms with Crippen LogP contribution in [0.5, 0.6) is 11.5 Å². The predicted octanol–water partition coefficient (Wildman–Crippen LogP) is 4.48. The average Bonchev–Trinajstić information content (AvgIpc) is 3.21. The van der Waals surface area contributed by atoms with E-state index in [4.69, 9.17) is 9.47 Å². The first-order chi connectivity index (χ1) is 27.7. The highest BCUT2D eigenvalue weighted by Gasteiger charge is 2.38. The van der Waals surface area contributed by atoms with Crippen molar-refractivity contribution in [3.8, 4) is 11.5 Å². The van der Waals surface area contributed by atoms with Gasteiger partial charge < -0.3 is 51.2 Å². The molecule has 0 radical (unpaired) electrons. The summed E-state index contributed by atoms with van der Waals surface area (Å²) in [4.78, 5) is 53.5. The summed E-state index contributed by atoms with van der Waals surface area (Å²) < 4.78 is 10.7. The summed E-state index contributed by atoms with van der Waals surface area (Å²) in [6.07, 6.45) is -5.17. The Hall–Kier alpha value is -6.12. The van der Waals surface area contributed by atoms with Crippen molar-refractivity contribution in [2.24, 2.45) is 11.8 Å². The van der Waals surface area contributed by atoms with Gasteiger partial charge in [-0.3, -0.25) is 9.59 Å². The van der Waals surface area contributed by atoms with E-state index in [9.17, 15) is 39.6 Å². The molecule has 4 rings (SSSR count). The first-order valence-electron chi connectivity index (χ1n) is 19.2. The van der Waals surface area contributed by atoms with Gasteiger partial charge in [0.1, 0.15) is 49.0 Å². The molecule has 0 saturated heterocycles. The van der Waals surface area contributed by atoms with Gasteiger partial charge in [-0.2, -0.15) is 0 Å². The zero-order valence-corrected chi connectivity index (χ0v) is 33.1. The van der Waals surface area contributed by atoms with E-state index >= 15 is 0 Å². The summed E-state index contributed by atoms with van der Waals surface area (Å²) in [6, 6.07) is 25.6. The van der Waals surface area contributed by atoms with E-state index < -0.39 is 72.2 Å². The highest BCUT2D eigenvalue weighted by atomic mass is 16.6. The normalized spacial score (nSPS) is 14.3. The predicted molar refractivity (Wildman–Crippen MR) is 216 cm³/mol. The van der Waals surface area contributed by atoms with Crippen LogP contribution in [0.25, 0.3) is 0 Å². The first kappa shape index (κ1) is 44.6. The average molecular weight is 799 g/mol. The third-order valence-corrected chi connectivity index (χ3v) is 9.48. The van der Waals surface area contributed by atoms with Gasteiger partial charge in [-0.15, -0.1) is 0 Å². The molecule has 0 heterocycles. The summed E-state index contributed by atoms with van der Waals surface area (Å²) in [5.74, 6) is -2.20. The van der Waals surface area contributed by atoms with Crippen LogP contribution >= 0.6 is 0 Å². The second kappa shape index (κ2) is 22.0. The molecule has 0 fully saturated rings. The maximum absolute atomic E-state index is 13.9. The van der Waals surface area contributed by atoms with Gasteiger partial charge in [0.25, 0.3) is 0 Å². The molecule has 4 aromatic carbocycles. The minimum atomic E-state index is -1.72. The van der Waals surface area contributed by atoms with Crippen LogP contribution in [0, 0.1) is 11.8 Å². The summed E-state index contributed by atoms with van der Waals surface area (Å²) >= 11 is 0. The van der Waals surface area contributed by atoms with Crippen LogP contribution < -0.4 is 21.3 Å². The van der Waals surface area contributed by atoms with Crippen LogP contribution in [0.2, 0.25) is 0 Å². The quantitative estimate of drug-likeness (QED) is 0.0666. The van der Waals surface area contributed by atoms with Gasteiger partial charge >= 0.3 is 12.2 Å². The molecule has 0 saturated carbocycles. The number of ether oxygens (including phenoxy) is 2. The Morgan fingerprint density at radius 3 is 1.12 bits per heavy atom. The molecular weight excluding hydrogens is 745 g/mol. The number of phenols is 2. The van der Waals surface area contributed by atoms with Gasteiger partial charge in [-0.25, -0.2) is 9.59 Å². The summed E-state index contributed by atoms with van der Waals surface area (Å²) in [5.41, 5.74) is 2.68. The number of benzene rings is 4. The number of aliphatic hydroxyl groups excluding tert-OH is 2. The number of aliphatic hydroxyl groups is 2. The van der Waals surface area contributed by atoms with Crippen LogP contribution in [0.3, 0.4) is 0 Å². The number of amides is 4. The number of aromatic hydroxyl groups is 2. The lowest BCUT2D eigenvalue weighted by molar-refractivity contribution is -0.129. The molecule has 0 aliphatic carbocycles. The van der Waals surface area contributed by atoms with E-state index in [0.29, 0.717) is 11.1 Å². The van der Waals surface area contributed by atoms with Gasteiger partial charge in [0.2, 0.25) is 11.8 Å². The number of hydrogen-bond acceptors (Lipinski definition) is 10. The Bertz CT molecular complexity index is 1750. The fourth-order valence-electron chi connectivity index (χ4n) is 6.16. The van der Waals surface area contributed by atoms with Crippen LogP contribution in [0.15, 0.2) is 109 Å². The number of carbonyl (C=O) groups is 4. The molecule has 0 aliphatic rings. The number of nitrogens with one attached hydrogen (secondary N) is 4. The summed E-state index contributed by atoms with van der Waals surface area (Å²) in [5, 5.41) is 54.4. The van der Waals surface area contributed by atoms with Crippen molar-refractivity contribution in [1.82, 2.24) is 21.3 Å². The van der Waals surface area contributed by atoms with E-state index in [1.54, 1.807) is 100 Å². The smallest absolute Gasteiger partial charge is 0.408 e. The van der Waals surface area contributed by atoms with Crippen molar-refractivity contribution in [3.63, 3.8) is 0 Å². The minimum Gasteiger partial charge on any atom is -0.508 e. The van der Waals surface area contributed by atoms with Crippen molar-refractivity contribution < 1.29 is 49.1 Å². The Morgan fingerprint density at radius 2 is 0.810 bits per heavy atom. The third-order valence-electron chi connectivity index (χ3n) is 9.48. The van der Waals surface area contributed by atoms with E-state index in [2.05, 4.69) is 21.3 Å². The molecule has 0 aliphatic heterocycles. The second-order valence-electron chi connectivity index (χ2n) is 14.8. The lowest BCUT2D eigenvalue weighted by Crippen LogP contribution is -2.61. The van der Waals surface area contributed by atoms with Crippen molar-refractivity contribution in [2.45, 2.75) is 90.1 Å². The highest BCUT2D eigenvalue weighted by molar-refractivity contribution is 5.87. The zero-order chi connectivity index (χ0) is 42.2. The Labute approximate surface area is 338 Å². The number of carbonyl (C=O) groups excluding carboxylic acids is 4. The zero-order valence-electron chi connectivity index (χ0n) is 33.1. The Balaban J connectivity index is 1.56. The SMILES string of the molecule is CC(C)[C@H](NC(=O)OCc1ccccc1)C(=O)N[C@@H](Cc1ccc(O)cc1)[C@@H](O)[C@H](O)[C@H](Cc1ccc(O)cc1)NC(=O)[C@@H](NC(=O)OCc1ccccc1)C(C)C. The van der Waals surface area contributed by atoms with Crippen LogP contribution in [-0.2, 0) is 45.1 Å². The first-order valence-corrected chi connectivity index (χ1v) is 19.2. The highest BCUT2D eigenvalue weighted by Crippen LogP contribution is 2.19. The lowest BCUT2D eigenvalue weighted by atomic mass is 9.90. The van der Waals surface area contributed by atoms with Gasteiger partial charge in [-0.1, -0.05) is 113 Å². The number of rotatable bonds is 19. The molecular formula is C44H54N4O10. The van der Waals surface area contributed by atoms with Crippen LogP contribution in [-0.4, -0.2) is 80.8 Å². The molecule has 6 atom stereocenters. The standard InChI is InChI=1S/C44H54N4O10/c1-27(2)37(47-43(55)57-25-31-11-7-5-8-12-31)41(53)45-35(23-29-15-19-33(49)20-16-29)39(51)40(52)36(24-30-17-21-34(50)22-18-30)46-42(54)38(28(3)4)48-44(56)58-26-32-13-9-6-10-14-32/h5-22,27-28,35-40,49-52H,23-26H2,1-4H3,(H,45,53)(H,46,54)(H,47,55)(H,48,56)/t35-,36-,37-,38-,39+,40+/m0/s1. The molecule has 4 amide bonds. The topological polar surface area (TPSA) is 216 Å². The van der Waals surface area contributed by atoms with E-state index in [0.717, 1.165) is 11.1 Å². The fourth-order valence-corrected chi connectivity index (χ4v) is 6.16. The number of hydrogen-bond donors (Lipinski definition) is 8. The van der Waals surface area contributed by atoms with Crippen LogP contribution in [0.4, 0.5) is 9.59 Å². The van der Waals surface area contributed by atoms with E-state index in [1.807, 2.05) is 12.1 Å². The molecule has 8 N–H and O–H groups in total. The van der Waals surface area contributed by atoms with Crippen molar-refractivity contribution >= 4 is 24.0 Å². The van der Waals surface area contributed by atoms with Gasteiger partial charge in [0, 0.05) is 0 Å². The fraction of sp³-hybridized carbons (Fsp3) is 0.364. The number of phenolic OH excluding ortho intramolecular Hbond substituents is 2. The van der Waals surface area contributed by atoms with Gasteiger partial charge in [0.05, 0.1) is 12.1 Å². The van der Waals surface area contributed by atoms with Crippen molar-refractivity contribution in [3.05, 3.63) is 131 Å². The molecule has 0 spiro atoms. The molecule has 0 unspecified atom stereocenters. The largest absolute Gasteiger partial charge is 0.508 e. The Morgan fingerprint density at radius 1 is 0.483 bits per heavy atom. The molecule has 0 bridgehead atoms. The minimum absolute atomic E-state index is 0.00283. The number of alkyl carbamates (subject to hydrolysis) is 2. The molecule has 14 heteroatoms.